The highest BCUT2D eigenvalue weighted by molar-refractivity contribution is 7.12. The molecule has 0 amide bonds. The van der Waals surface area contributed by atoms with E-state index in [-0.39, 0.29) is 0 Å². The van der Waals surface area contributed by atoms with E-state index in [0.717, 1.165) is 5.95 Å². The first-order chi connectivity index (χ1) is 7.63. The number of anilines is 1. The smallest absolute Gasteiger partial charge is 0.203 e. The van der Waals surface area contributed by atoms with Crippen LogP contribution in [0.5, 0.6) is 0 Å². The molecule has 2 rings (SSSR count). The molecule has 4 heteroatoms. The van der Waals surface area contributed by atoms with Crippen LogP contribution in [0.25, 0.3) is 0 Å². The largest absolute Gasteiger partial charge is 0.359 e. The number of rotatable bonds is 3. The Morgan fingerprint density at radius 3 is 2.75 bits per heavy atom. The summed E-state index contributed by atoms with van der Waals surface area (Å²) in [5, 5.41) is 3.11. The fourth-order valence-electron chi connectivity index (χ4n) is 2.03. The average molecular weight is 235 g/mol. The highest BCUT2D eigenvalue weighted by Gasteiger charge is 2.15. The van der Waals surface area contributed by atoms with Crippen LogP contribution >= 0.6 is 11.3 Å². The monoisotopic (exact) mass is 235 g/mol. The summed E-state index contributed by atoms with van der Waals surface area (Å²) in [4.78, 5) is 7.03. The topological polar surface area (TPSA) is 29.9 Å². The minimum absolute atomic E-state index is 0.329. The molecule has 0 aliphatic rings. The molecule has 3 nitrogen and oxygen atoms in total. The first-order valence-corrected chi connectivity index (χ1v) is 6.22. The molecule has 16 heavy (non-hydrogen) atoms. The molecular weight excluding hydrogens is 218 g/mol. The highest BCUT2D eigenvalue weighted by Crippen LogP contribution is 2.29. The van der Waals surface area contributed by atoms with Crippen LogP contribution in [0.3, 0.4) is 0 Å². The summed E-state index contributed by atoms with van der Waals surface area (Å²) in [6, 6.07) is 2.60. The van der Waals surface area contributed by atoms with Crippen molar-refractivity contribution in [3.8, 4) is 0 Å². The molecule has 0 bridgehead atoms. The lowest BCUT2D eigenvalue weighted by Crippen LogP contribution is -2.09. The van der Waals surface area contributed by atoms with Crippen LogP contribution in [0.1, 0.15) is 28.3 Å². The zero-order valence-electron chi connectivity index (χ0n) is 10.1. The molecule has 0 radical (unpaired) electrons. The number of imidazole rings is 1. The third-order valence-electron chi connectivity index (χ3n) is 2.84. The molecule has 86 valence electrons. The fraction of sp³-hybridized carbons (Fsp3) is 0.417. The summed E-state index contributed by atoms with van der Waals surface area (Å²) in [5.41, 5.74) is 1.39. The van der Waals surface area contributed by atoms with E-state index in [1.54, 1.807) is 0 Å². The van der Waals surface area contributed by atoms with E-state index in [1.165, 1.54) is 15.3 Å². The first kappa shape index (κ1) is 11.2. The van der Waals surface area contributed by atoms with E-state index in [1.807, 2.05) is 30.8 Å². The lowest BCUT2D eigenvalue weighted by Gasteiger charge is -2.16. The molecule has 1 N–H and O–H groups in total. The minimum atomic E-state index is 0.329. The Balaban J connectivity index is 2.38. The molecule has 0 aliphatic heterocycles. The van der Waals surface area contributed by atoms with E-state index in [4.69, 9.17) is 0 Å². The van der Waals surface area contributed by atoms with E-state index < -0.39 is 0 Å². The van der Waals surface area contributed by atoms with Gasteiger partial charge < -0.3 is 9.88 Å². The van der Waals surface area contributed by atoms with Gasteiger partial charge in [-0.2, -0.15) is 0 Å². The Kier molecular flexibility index (Phi) is 3.01. The number of aromatic nitrogens is 2. The molecule has 1 atom stereocenters. The Morgan fingerprint density at radius 1 is 1.44 bits per heavy atom. The van der Waals surface area contributed by atoms with Gasteiger partial charge in [-0.3, -0.25) is 0 Å². The molecular formula is C12H17N3S. The van der Waals surface area contributed by atoms with Gasteiger partial charge in [-0.05, 0) is 32.4 Å². The van der Waals surface area contributed by atoms with Crippen LogP contribution < -0.4 is 5.32 Å². The molecule has 0 fully saturated rings. The molecule has 2 aromatic heterocycles. The van der Waals surface area contributed by atoms with Gasteiger partial charge in [0, 0.05) is 29.2 Å². The van der Waals surface area contributed by atoms with Gasteiger partial charge in [-0.25, -0.2) is 4.98 Å². The Labute approximate surface area is 100 Å². The van der Waals surface area contributed by atoms with Gasteiger partial charge in [0.1, 0.15) is 0 Å². The van der Waals surface area contributed by atoms with Crippen LogP contribution in [-0.4, -0.2) is 16.6 Å². The Hall–Kier alpha value is -1.29. The van der Waals surface area contributed by atoms with Crippen LogP contribution in [0.4, 0.5) is 5.95 Å². The van der Waals surface area contributed by atoms with Gasteiger partial charge in [-0.15, -0.1) is 11.3 Å². The van der Waals surface area contributed by atoms with Gasteiger partial charge >= 0.3 is 0 Å². The summed E-state index contributed by atoms with van der Waals surface area (Å²) in [5.74, 6) is 0.913. The molecule has 0 spiro atoms. The lowest BCUT2D eigenvalue weighted by atomic mass is 10.1. The summed E-state index contributed by atoms with van der Waals surface area (Å²) in [6.45, 7) is 6.54. The van der Waals surface area contributed by atoms with Crippen molar-refractivity contribution in [2.45, 2.75) is 26.8 Å². The zero-order valence-corrected chi connectivity index (χ0v) is 10.9. The molecule has 0 aromatic carbocycles. The quantitative estimate of drug-likeness (QED) is 0.885. The normalized spacial score (nSPS) is 12.8. The maximum atomic E-state index is 4.27. The minimum Gasteiger partial charge on any atom is -0.359 e. The number of aryl methyl sites for hydroxylation is 2. The second-order valence-corrected chi connectivity index (χ2v) is 5.41. The van der Waals surface area contributed by atoms with Gasteiger partial charge in [0.25, 0.3) is 0 Å². The fourth-order valence-corrected chi connectivity index (χ4v) is 3.05. The number of thiophene rings is 1. The first-order valence-electron chi connectivity index (χ1n) is 5.41. The SMILES string of the molecule is CNc1nccn1C(C)c1cc(C)sc1C. The van der Waals surface area contributed by atoms with Crippen LogP contribution in [-0.2, 0) is 0 Å². The zero-order chi connectivity index (χ0) is 11.7. The summed E-state index contributed by atoms with van der Waals surface area (Å²) in [6.07, 6.45) is 3.85. The van der Waals surface area contributed by atoms with Crippen molar-refractivity contribution < 1.29 is 0 Å². The molecule has 0 saturated carbocycles. The number of nitrogens with one attached hydrogen (secondary N) is 1. The standard InChI is InChI=1S/C12H17N3S/c1-8-7-11(10(3)16-8)9(2)15-6-5-14-12(15)13-4/h5-7,9H,1-4H3,(H,13,14). The van der Waals surface area contributed by atoms with Crippen molar-refractivity contribution in [2.24, 2.45) is 0 Å². The van der Waals surface area contributed by atoms with Gasteiger partial charge in [0.15, 0.2) is 0 Å². The summed E-state index contributed by atoms with van der Waals surface area (Å²) >= 11 is 1.85. The maximum Gasteiger partial charge on any atom is 0.203 e. The van der Waals surface area contributed by atoms with Crippen molar-refractivity contribution in [3.05, 3.63) is 33.8 Å². The van der Waals surface area contributed by atoms with Crippen LogP contribution in [0.2, 0.25) is 0 Å². The Morgan fingerprint density at radius 2 is 2.19 bits per heavy atom. The van der Waals surface area contributed by atoms with Crippen molar-refractivity contribution in [2.75, 3.05) is 12.4 Å². The molecule has 0 saturated heterocycles. The van der Waals surface area contributed by atoms with Crippen LogP contribution in [0.15, 0.2) is 18.5 Å². The van der Waals surface area contributed by atoms with E-state index >= 15 is 0 Å². The van der Waals surface area contributed by atoms with Crippen molar-refractivity contribution in [3.63, 3.8) is 0 Å². The van der Waals surface area contributed by atoms with Gasteiger partial charge in [0.2, 0.25) is 5.95 Å². The molecule has 2 heterocycles. The molecule has 1 unspecified atom stereocenters. The van der Waals surface area contributed by atoms with E-state index in [9.17, 15) is 0 Å². The second-order valence-electron chi connectivity index (χ2n) is 3.95. The summed E-state index contributed by atoms with van der Waals surface area (Å²) < 4.78 is 2.16. The second kappa shape index (κ2) is 4.29. The van der Waals surface area contributed by atoms with Crippen LogP contribution in [0, 0.1) is 13.8 Å². The average Bonchev–Trinajstić information content (AvgIpc) is 2.83. The number of hydrogen-bond acceptors (Lipinski definition) is 3. The molecule has 2 aromatic rings. The third kappa shape index (κ3) is 1.85. The van der Waals surface area contributed by atoms with Crippen molar-refractivity contribution >= 4 is 17.3 Å². The van der Waals surface area contributed by atoms with E-state index in [0.29, 0.717) is 6.04 Å². The predicted octanol–water partition coefficient (Wildman–Crippen LogP) is 3.21. The van der Waals surface area contributed by atoms with Gasteiger partial charge in [0.05, 0.1) is 6.04 Å². The maximum absolute atomic E-state index is 4.27. The molecule has 0 aliphatic carbocycles. The van der Waals surface area contributed by atoms with E-state index in [2.05, 4.69) is 41.7 Å². The third-order valence-corrected chi connectivity index (χ3v) is 3.82. The highest BCUT2D eigenvalue weighted by atomic mass is 32.1. The Bertz CT molecular complexity index is 484. The van der Waals surface area contributed by atoms with Crippen molar-refractivity contribution in [1.82, 2.24) is 9.55 Å². The van der Waals surface area contributed by atoms with Crippen molar-refractivity contribution in [1.29, 1.82) is 0 Å². The van der Waals surface area contributed by atoms with Gasteiger partial charge in [-0.1, -0.05) is 0 Å². The number of nitrogens with zero attached hydrogens (tertiary/aromatic N) is 2. The predicted molar refractivity (Wildman–Crippen MR) is 69.4 cm³/mol. The summed E-state index contributed by atoms with van der Waals surface area (Å²) in [7, 11) is 1.90. The lowest BCUT2D eigenvalue weighted by molar-refractivity contribution is 0.645. The number of hydrogen-bond donors (Lipinski definition) is 1.